The number of likely N-dealkylation sites (tertiary alicyclic amines) is 1. The minimum Gasteiger partial charge on any atom is -0.338 e. The van der Waals surface area contributed by atoms with Crippen molar-refractivity contribution in [2.45, 2.75) is 25.3 Å². The maximum absolute atomic E-state index is 5.21. The van der Waals surface area contributed by atoms with Crippen molar-refractivity contribution in [3.05, 3.63) is 96.6 Å². The summed E-state index contributed by atoms with van der Waals surface area (Å²) in [6.45, 7) is 9.11. The summed E-state index contributed by atoms with van der Waals surface area (Å²) in [6, 6.07) is 25.3. The van der Waals surface area contributed by atoms with Gasteiger partial charge in [-0.25, -0.2) is 15.0 Å². The second kappa shape index (κ2) is 14.5. The third-order valence-electron chi connectivity index (χ3n) is 9.38. The molecule has 0 aliphatic carbocycles. The van der Waals surface area contributed by atoms with Crippen molar-refractivity contribution in [3.63, 3.8) is 0 Å². The molecule has 2 aliphatic rings. The quantitative estimate of drug-likeness (QED) is 0.228. The third kappa shape index (κ3) is 7.56. The van der Waals surface area contributed by atoms with E-state index in [9.17, 15) is 0 Å². The first-order valence-electron chi connectivity index (χ1n) is 16.8. The van der Waals surface area contributed by atoms with Gasteiger partial charge in [0.1, 0.15) is 11.5 Å². The van der Waals surface area contributed by atoms with Gasteiger partial charge in [0.25, 0.3) is 0 Å². The first-order chi connectivity index (χ1) is 23.1. The molecule has 10 heteroatoms. The minimum absolute atomic E-state index is 0.392. The molecule has 0 bridgehead atoms. The normalized spacial score (nSPS) is 16.6. The Morgan fingerprint density at radius 2 is 1.53 bits per heavy atom. The van der Waals surface area contributed by atoms with Gasteiger partial charge in [0.05, 0.1) is 5.69 Å². The smallest absolute Gasteiger partial charge is 0.225 e. The fourth-order valence-electron chi connectivity index (χ4n) is 6.54. The maximum atomic E-state index is 5.21. The average molecular weight is 629 g/mol. The summed E-state index contributed by atoms with van der Waals surface area (Å²) in [4.78, 5) is 28.9. The molecule has 0 spiro atoms. The lowest BCUT2D eigenvalue weighted by Gasteiger charge is -2.35. The van der Waals surface area contributed by atoms with Crippen molar-refractivity contribution in [2.75, 3.05) is 71.4 Å². The Kier molecular flexibility index (Phi) is 9.60. The number of rotatable bonds is 10. The summed E-state index contributed by atoms with van der Waals surface area (Å²) in [5, 5.41) is 7.60. The van der Waals surface area contributed by atoms with Crippen LogP contribution in [0.5, 0.6) is 0 Å². The second-order valence-corrected chi connectivity index (χ2v) is 12.9. The van der Waals surface area contributed by atoms with Gasteiger partial charge in [-0.05, 0) is 63.3 Å². The van der Waals surface area contributed by atoms with Gasteiger partial charge in [0, 0.05) is 75.3 Å². The van der Waals surface area contributed by atoms with Gasteiger partial charge in [-0.2, -0.15) is 5.10 Å². The Morgan fingerprint density at radius 1 is 0.766 bits per heavy atom. The van der Waals surface area contributed by atoms with Crippen molar-refractivity contribution >= 4 is 5.95 Å². The molecule has 0 radical (unpaired) electrons. The van der Waals surface area contributed by atoms with E-state index >= 15 is 0 Å². The molecule has 5 heterocycles. The van der Waals surface area contributed by atoms with Crippen LogP contribution in [0.25, 0.3) is 33.9 Å². The number of nitrogens with zero attached hydrogens (tertiary/aromatic N) is 9. The molecule has 3 aromatic heterocycles. The highest BCUT2D eigenvalue weighted by Crippen LogP contribution is 2.33. The monoisotopic (exact) mass is 628 g/mol. The van der Waals surface area contributed by atoms with Crippen LogP contribution in [-0.4, -0.2) is 111 Å². The summed E-state index contributed by atoms with van der Waals surface area (Å²) in [5.74, 6) is 2.85. The average Bonchev–Trinajstić information content (AvgIpc) is 3.63. The van der Waals surface area contributed by atoms with Gasteiger partial charge in [0.15, 0.2) is 5.82 Å². The molecule has 0 unspecified atom stereocenters. The molecule has 2 aromatic carbocycles. The van der Waals surface area contributed by atoms with Crippen LogP contribution in [0, 0.1) is 0 Å². The van der Waals surface area contributed by atoms with Crippen LogP contribution in [0.4, 0.5) is 5.95 Å². The number of likely N-dealkylation sites (N-methyl/N-ethyl adjacent to an activating group) is 1. The molecule has 47 heavy (non-hydrogen) atoms. The number of aromatic amines is 1. The van der Waals surface area contributed by atoms with Crippen LogP contribution in [0.2, 0.25) is 0 Å². The van der Waals surface area contributed by atoms with Crippen molar-refractivity contribution in [1.82, 2.24) is 44.8 Å². The van der Waals surface area contributed by atoms with Gasteiger partial charge in [-0.3, -0.25) is 19.9 Å². The fraction of sp³-hybridized carbons (Fsp3) is 0.378. The van der Waals surface area contributed by atoms with Gasteiger partial charge in [-0.15, -0.1) is 0 Å². The van der Waals surface area contributed by atoms with Crippen molar-refractivity contribution in [1.29, 1.82) is 0 Å². The molecule has 242 valence electrons. The van der Waals surface area contributed by atoms with Crippen LogP contribution in [0.15, 0.2) is 85.2 Å². The van der Waals surface area contributed by atoms with E-state index in [1.165, 1.54) is 5.56 Å². The molecule has 0 amide bonds. The lowest BCUT2D eigenvalue weighted by molar-refractivity contribution is 0.202. The molecular formula is C37H44N10. The number of anilines is 1. The molecule has 7 rings (SSSR count). The van der Waals surface area contributed by atoms with E-state index in [2.05, 4.69) is 103 Å². The molecular weight excluding hydrogens is 584 g/mol. The molecule has 2 aliphatic heterocycles. The van der Waals surface area contributed by atoms with Crippen molar-refractivity contribution < 1.29 is 0 Å². The summed E-state index contributed by atoms with van der Waals surface area (Å²) in [6.07, 6.45) is 5.91. The Balaban J connectivity index is 1.01. The Labute approximate surface area is 277 Å². The van der Waals surface area contributed by atoms with Crippen LogP contribution in [0.1, 0.15) is 30.1 Å². The van der Waals surface area contributed by atoms with Crippen molar-refractivity contribution in [3.8, 4) is 33.9 Å². The summed E-state index contributed by atoms with van der Waals surface area (Å²) < 4.78 is 0. The Bertz CT molecular complexity index is 1710. The molecule has 2 saturated heterocycles. The standard InChI is InChI=1S/C37H44N10/c1-44(2)20-21-45-22-24-47(25-23-45)37-39-26-32(29-8-4-3-5-9-29)34(40-37)30-13-11-28(12-14-30)27-46-18-15-31(16-19-46)35-41-36(43-42-35)33-10-6-7-17-38-33/h3-14,17,26,31H,15-16,18-25,27H2,1-2H3,(H,41,42,43). The lowest BCUT2D eigenvalue weighted by Crippen LogP contribution is -2.48. The zero-order valence-electron chi connectivity index (χ0n) is 27.5. The lowest BCUT2D eigenvalue weighted by atomic mass is 9.95. The summed E-state index contributed by atoms with van der Waals surface area (Å²) in [7, 11) is 4.27. The molecule has 0 saturated carbocycles. The van der Waals surface area contributed by atoms with E-state index in [1.54, 1.807) is 6.20 Å². The second-order valence-electron chi connectivity index (χ2n) is 12.9. The van der Waals surface area contributed by atoms with Gasteiger partial charge >= 0.3 is 0 Å². The molecule has 1 N–H and O–H groups in total. The first kappa shape index (κ1) is 31.1. The SMILES string of the molecule is CN(C)CCN1CCN(c2ncc(-c3ccccc3)c(-c3ccc(CN4CCC(c5nc(-c6ccccn6)n[nH]5)CC4)cc3)n2)CC1. The largest absolute Gasteiger partial charge is 0.338 e. The number of H-pyrrole nitrogens is 1. The summed E-state index contributed by atoms with van der Waals surface area (Å²) >= 11 is 0. The summed E-state index contributed by atoms with van der Waals surface area (Å²) in [5.41, 5.74) is 6.42. The van der Waals surface area contributed by atoms with Gasteiger partial charge < -0.3 is 9.80 Å². The Hall–Kier alpha value is -4.51. The van der Waals surface area contributed by atoms with E-state index in [0.29, 0.717) is 11.7 Å². The van der Waals surface area contributed by atoms with Gasteiger partial charge in [0.2, 0.25) is 5.95 Å². The van der Waals surface area contributed by atoms with Crippen molar-refractivity contribution in [2.24, 2.45) is 0 Å². The highest BCUT2D eigenvalue weighted by molar-refractivity contribution is 5.81. The topological polar surface area (TPSA) is 93.2 Å². The molecule has 10 nitrogen and oxygen atoms in total. The number of hydrogen-bond acceptors (Lipinski definition) is 9. The fourth-order valence-corrected chi connectivity index (χ4v) is 6.54. The zero-order valence-corrected chi connectivity index (χ0v) is 27.5. The number of aromatic nitrogens is 6. The zero-order chi connectivity index (χ0) is 32.0. The minimum atomic E-state index is 0.392. The van der Waals surface area contributed by atoms with E-state index in [4.69, 9.17) is 15.0 Å². The van der Waals surface area contributed by atoms with E-state index in [0.717, 1.165) is 112 Å². The van der Waals surface area contributed by atoms with E-state index in [1.807, 2.05) is 24.4 Å². The van der Waals surface area contributed by atoms with E-state index < -0.39 is 0 Å². The number of benzene rings is 2. The van der Waals surface area contributed by atoms with Crippen LogP contribution >= 0.6 is 0 Å². The van der Waals surface area contributed by atoms with Crippen LogP contribution < -0.4 is 4.90 Å². The van der Waals surface area contributed by atoms with Crippen LogP contribution in [-0.2, 0) is 6.54 Å². The maximum Gasteiger partial charge on any atom is 0.225 e. The number of hydrogen-bond donors (Lipinski definition) is 1. The highest BCUT2D eigenvalue weighted by atomic mass is 15.3. The Morgan fingerprint density at radius 3 is 2.26 bits per heavy atom. The third-order valence-corrected chi connectivity index (χ3v) is 9.38. The molecule has 5 aromatic rings. The van der Waals surface area contributed by atoms with Gasteiger partial charge in [-0.1, -0.05) is 60.7 Å². The van der Waals surface area contributed by atoms with Crippen LogP contribution in [0.3, 0.4) is 0 Å². The number of nitrogens with one attached hydrogen (secondary N) is 1. The highest BCUT2D eigenvalue weighted by Gasteiger charge is 2.24. The predicted molar refractivity (Wildman–Crippen MR) is 187 cm³/mol. The number of pyridine rings is 1. The first-order valence-corrected chi connectivity index (χ1v) is 16.8. The molecule has 2 fully saturated rings. The number of piperidine rings is 1. The number of piperazine rings is 1. The molecule has 0 atom stereocenters. The van der Waals surface area contributed by atoms with E-state index in [-0.39, 0.29) is 0 Å². The predicted octanol–water partition coefficient (Wildman–Crippen LogP) is 5.05.